The van der Waals surface area contributed by atoms with E-state index >= 15 is 0 Å². The zero-order valence-corrected chi connectivity index (χ0v) is 10.8. The standard InChI is InChI=1S/C12H23NO3/c1-5-12(2,3)16-11(14)13-8-6-7-10(13)9-15-4/h10H,5-9H2,1-4H3. The molecule has 0 aliphatic carbocycles. The molecule has 1 saturated heterocycles. The van der Waals surface area contributed by atoms with Crippen LogP contribution in [0.1, 0.15) is 40.0 Å². The molecule has 1 amide bonds. The summed E-state index contributed by atoms with van der Waals surface area (Å²) in [4.78, 5) is 13.7. The Morgan fingerprint density at radius 1 is 1.50 bits per heavy atom. The number of ether oxygens (including phenoxy) is 2. The minimum atomic E-state index is -0.378. The predicted octanol–water partition coefficient (Wildman–Crippen LogP) is 2.42. The molecule has 1 aliphatic heterocycles. The van der Waals surface area contributed by atoms with E-state index in [4.69, 9.17) is 9.47 Å². The van der Waals surface area contributed by atoms with Crippen molar-refractivity contribution < 1.29 is 14.3 Å². The molecule has 0 aromatic rings. The molecule has 1 unspecified atom stereocenters. The molecule has 0 aromatic heterocycles. The predicted molar refractivity (Wildman–Crippen MR) is 62.5 cm³/mol. The van der Waals surface area contributed by atoms with Gasteiger partial charge in [0.05, 0.1) is 12.6 Å². The average Bonchev–Trinajstić information content (AvgIpc) is 2.66. The van der Waals surface area contributed by atoms with Crippen LogP contribution in [0.15, 0.2) is 0 Å². The van der Waals surface area contributed by atoms with E-state index < -0.39 is 0 Å². The van der Waals surface area contributed by atoms with Crippen LogP contribution in [0.3, 0.4) is 0 Å². The zero-order valence-electron chi connectivity index (χ0n) is 10.8. The van der Waals surface area contributed by atoms with E-state index in [0.717, 1.165) is 25.8 Å². The zero-order chi connectivity index (χ0) is 12.2. The normalized spacial score (nSPS) is 21.2. The number of hydrogen-bond acceptors (Lipinski definition) is 3. The van der Waals surface area contributed by atoms with Gasteiger partial charge in [-0.25, -0.2) is 4.79 Å². The molecule has 1 rings (SSSR count). The summed E-state index contributed by atoms with van der Waals surface area (Å²) >= 11 is 0. The van der Waals surface area contributed by atoms with Crippen molar-refractivity contribution in [2.24, 2.45) is 0 Å². The molecule has 1 fully saturated rings. The number of hydrogen-bond donors (Lipinski definition) is 0. The van der Waals surface area contributed by atoms with Gasteiger partial charge in [-0.3, -0.25) is 0 Å². The van der Waals surface area contributed by atoms with E-state index in [1.807, 2.05) is 20.8 Å². The van der Waals surface area contributed by atoms with Crippen molar-refractivity contribution >= 4 is 6.09 Å². The third-order valence-corrected chi connectivity index (χ3v) is 3.19. The van der Waals surface area contributed by atoms with E-state index in [1.165, 1.54) is 0 Å². The fourth-order valence-corrected chi connectivity index (χ4v) is 1.81. The summed E-state index contributed by atoms with van der Waals surface area (Å²) in [5.74, 6) is 0. The Balaban J connectivity index is 2.53. The molecule has 0 radical (unpaired) electrons. The monoisotopic (exact) mass is 229 g/mol. The molecule has 1 atom stereocenters. The molecular weight excluding hydrogens is 206 g/mol. The SMILES string of the molecule is CCC(C)(C)OC(=O)N1CCCC1COC. The third kappa shape index (κ3) is 3.37. The van der Waals surface area contributed by atoms with Crippen LogP contribution in [0.25, 0.3) is 0 Å². The quantitative estimate of drug-likeness (QED) is 0.743. The highest BCUT2D eigenvalue weighted by molar-refractivity contribution is 5.69. The van der Waals surface area contributed by atoms with E-state index in [1.54, 1.807) is 12.0 Å². The van der Waals surface area contributed by atoms with Crippen molar-refractivity contribution in [2.75, 3.05) is 20.3 Å². The Kier molecular flexibility index (Phi) is 4.59. The second-order valence-electron chi connectivity index (χ2n) is 4.93. The van der Waals surface area contributed by atoms with Crippen LogP contribution in [-0.2, 0) is 9.47 Å². The number of amides is 1. The van der Waals surface area contributed by atoms with Gasteiger partial charge in [-0.05, 0) is 33.1 Å². The molecule has 1 heterocycles. The van der Waals surface area contributed by atoms with Gasteiger partial charge < -0.3 is 14.4 Å². The van der Waals surface area contributed by atoms with Crippen LogP contribution in [-0.4, -0.2) is 42.9 Å². The first-order chi connectivity index (χ1) is 7.50. The Hall–Kier alpha value is -0.770. The highest BCUT2D eigenvalue weighted by Gasteiger charge is 2.32. The summed E-state index contributed by atoms with van der Waals surface area (Å²) < 4.78 is 10.6. The van der Waals surface area contributed by atoms with Crippen LogP contribution in [0, 0.1) is 0 Å². The van der Waals surface area contributed by atoms with Crippen molar-refractivity contribution in [2.45, 2.75) is 51.7 Å². The van der Waals surface area contributed by atoms with Gasteiger partial charge in [0.25, 0.3) is 0 Å². The van der Waals surface area contributed by atoms with Crippen molar-refractivity contribution in [1.82, 2.24) is 4.90 Å². The molecule has 0 bridgehead atoms. The molecule has 0 N–H and O–H groups in total. The van der Waals surface area contributed by atoms with Gasteiger partial charge in [0.2, 0.25) is 0 Å². The summed E-state index contributed by atoms with van der Waals surface area (Å²) in [5.41, 5.74) is -0.378. The average molecular weight is 229 g/mol. The van der Waals surface area contributed by atoms with Gasteiger partial charge in [-0.1, -0.05) is 6.92 Å². The Morgan fingerprint density at radius 2 is 2.19 bits per heavy atom. The van der Waals surface area contributed by atoms with Gasteiger partial charge >= 0.3 is 6.09 Å². The highest BCUT2D eigenvalue weighted by atomic mass is 16.6. The van der Waals surface area contributed by atoms with E-state index in [9.17, 15) is 4.79 Å². The molecule has 4 nitrogen and oxygen atoms in total. The second-order valence-corrected chi connectivity index (χ2v) is 4.93. The molecule has 94 valence electrons. The molecule has 1 aliphatic rings. The maximum absolute atomic E-state index is 12.0. The first kappa shape index (κ1) is 13.3. The van der Waals surface area contributed by atoms with Crippen LogP contribution >= 0.6 is 0 Å². The van der Waals surface area contributed by atoms with Crippen LogP contribution < -0.4 is 0 Å². The largest absolute Gasteiger partial charge is 0.443 e. The number of methoxy groups -OCH3 is 1. The van der Waals surface area contributed by atoms with Gasteiger partial charge in [0, 0.05) is 13.7 Å². The van der Waals surface area contributed by atoms with Crippen molar-refractivity contribution in [3.05, 3.63) is 0 Å². The van der Waals surface area contributed by atoms with Crippen molar-refractivity contribution in [3.8, 4) is 0 Å². The van der Waals surface area contributed by atoms with Gasteiger partial charge in [0.1, 0.15) is 5.60 Å². The number of nitrogens with zero attached hydrogens (tertiary/aromatic N) is 1. The molecular formula is C12H23NO3. The Morgan fingerprint density at radius 3 is 2.75 bits per heavy atom. The number of carbonyl (C=O) groups is 1. The summed E-state index contributed by atoms with van der Waals surface area (Å²) in [7, 11) is 1.66. The Labute approximate surface area is 97.9 Å². The van der Waals surface area contributed by atoms with Gasteiger partial charge in [-0.2, -0.15) is 0 Å². The number of likely N-dealkylation sites (tertiary alicyclic amines) is 1. The fourth-order valence-electron chi connectivity index (χ4n) is 1.81. The molecule has 0 saturated carbocycles. The molecule has 0 aromatic carbocycles. The lowest BCUT2D eigenvalue weighted by Crippen LogP contribution is -2.42. The van der Waals surface area contributed by atoms with Gasteiger partial charge in [0.15, 0.2) is 0 Å². The van der Waals surface area contributed by atoms with Gasteiger partial charge in [-0.15, -0.1) is 0 Å². The summed E-state index contributed by atoms with van der Waals surface area (Å²) in [5, 5.41) is 0. The third-order valence-electron chi connectivity index (χ3n) is 3.19. The first-order valence-corrected chi connectivity index (χ1v) is 5.98. The van der Waals surface area contributed by atoms with Crippen LogP contribution in [0.2, 0.25) is 0 Å². The number of carbonyl (C=O) groups excluding carboxylic acids is 1. The lowest BCUT2D eigenvalue weighted by Gasteiger charge is -2.29. The molecule has 16 heavy (non-hydrogen) atoms. The van der Waals surface area contributed by atoms with Crippen LogP contribution in [0.4, 0.5) is 4.79 Å². The summed E-state index contributed by atoms with van der Waals surface area (Å²) in [6.07, 6.45) is 2.67. The molecule has 4 heteroatoms. The maximum Gasteiger partial charge on any atom is 0.410 e. The first-order valence-electron chi connectivity index (χ1n) is 5.98. The Bertz CT molecular complexity index is 240. The lowest BCUT2D eigenvalue weighted by atomic mass is 10.1. The van der Waals surface area contributed by atoms with Crippen molar-refractivity contribution in [1.29, 1.82) is 0 Å². The van der Waals surface area contributed by atoms with E-state index in [2.05, 4.69) is 0 Å². The van der Waals surface area contributed by atoms with Crippen molar-refractivity contribution in [3.63, 3.8) is 0 Å². The molecule has 0 spiro atoms. The van der Waals surface area contributed by atoms with Crippen LogP contribution in [0.5, 0.6) is 0 Å². The maximum atomic E-state index is 12.0. The minimum Gasteiger partial charge on any atom is -0.443 e. The fraction of sp³-hybridized carbons (Fsp3) is 0.917. The van der Waals surface area contributed by atoms with E-state index in [-0.39, 0.29) is 17.7 Å². The number of rotatable bonds is 4. The highest BCUT2D eigenvalue weighted by Crippen LogP contribution is 2.22. The smallest absolute Gasteiger partial charge is 0.410 e. The summed E-state index contributed by atoms with van der Waals surface area (Å²) in [6.45, 7) is 7.27. The lowest BCUT2D eigenvalue weighted by molar-refractivity contribution is 0.00299. The summed E-state index contributed by atoms with van der Waals surface area (Å²) in [6, 6.07) is 0.185. The second kappa shape index (κ2) is 5.53. The minimum absolute atomic E-state index is 0.185. The van der Waals surface area contributed by atoms with E-state index in [0.29, 0.717) is 6.61 Å². The topological polar surface area (TPSA) is 38.8 Å².